The van der Waals surface area contributed by atoms with Crippen LogP contribution in [-0.2, 0) is 82.3 Å². The molecule has 10 nitrogen and oxygen atoms in total. The highest BCUT2D eigenvalue weighted by atomic mass is 16.7. The number of hydrogen-bond donors (Lipinski definition) is 1. The number of rotatable bonds is 22. The molecule has 2 aliphatic rings. The molecule has 1 N–H and O–H groups in total. The Morgan fingerprint density at radius 1 is 0.359 bits per heavy atom. The number of aliphatic hydroxyl groups excluding tert-OH is 1. The van der Waals surface area contributed by atoms with Crippen LogP contribution < -0.4 is 0 Å². The molecular weight excluding hydrogens is 809 g/mol. The number of hydrogen-bond acceptors (Lipinski definition) is 10. The lowest BCUT2D eigenvalue weighted by Crippen LogP contribution is -2.61. The van der Waals surface area contributed by atoms with Crippen molar-refractivity contribution >= 4 is 0 Å². The van der Waals surface area contributed by atoms with E-state index in [0.717, 1.165) is 33.4 Å². The summed E-state index contributed by atoms with van der Waals surface area (Å²) in [5.41, 5.74) is 6.03. The van der Waals surface area contributed by atoms with E-state index in [1.54, 1.807) is 0 Å². The van der Waals surface area contributed by atoms with Gasteiger partial charge in [-0.1, -0.05) is 182 Å². The summed E-state index contributed by atoms with van der Waals surface area (Å²) in [4.78, 5) is 0. The van der Waals surface area contributed by atoms with Crippen LogP contribution in [0.1, 0.15) is 39.8 Å². The van der Waals surface area contributed by atoms with Crippen LogP contribution in [0.3, 0.4) is 0 Å². The maximum atomic E-state index is 11.7. The number of aliphatic hydroxyl groups is 1. The third-order valence-electron chi connectivity index (χ3n) is 11.4. The van der Waals surface area contributed by atoms with E-state index in [1.807, 2.05) is 182 Å². The SMILES string of the molecule is OC1OC(COC2CC(OCc3ccccc3)C(OCc3ccccc3)C(COCc3ccccc3)O2)C(OCc2ccccc2)C(OCc2ccccc2)C1OCc1ccccc1. The molecule has 0 radical (unpaired) electrons. The molecule has 9 atom stereocenters. The van der Waals surface area contributed by atoms with E-state index in [1.165, 1.54) is 0 Å². The summed E-state index contributed by atoms with van der Waals surface area (Å²) >= 11 is 0. The molecule has 6 aromatic carbocycles. The molecule has 0 amide bonds. The van der Waals surface area contributed by atoms with Gasteiger partial charge in [-0.25, -0.2) is 0 Å². The van der Waals surface area contributed by atoms with Gasteiger partial charge in [-0.05, 0) is 33.4 Å². The predicted molar refractivity (Wildman–Crippen MR) is 241 cm³/mol. The molecule has 2 aliphatic heterocycles. The van der Waals surface area contributed by atoms with Crippen molar-refractivity contribution in [3.05, 3.63) is 215 Å². The Morgan fingerprint density at radius 2 is 0.719 bits per heavy atom. The normalized spacial score (nSPS) is 24.6. The molecule has 6 aromatic rings. The lowest BCUT2D eigenvalue weighted by atomic mass is 9.97. The van der Waals surface area contributed by atoms with Crippen LogP contribution in [0.2, 0.25) is 0 Å². The van der Waals surface area contributed by atoms with E-state index in [2.05, 4.69) is 0 Å². The van der Waals surface area contributed by atoms with Crippen molar-refractivity contribution in [2.24, 2.45) is 0 Å². The quantitative estimate of drug-likeness (QED) is 0.0712. The highest BCUT2D eigenvalue weighted by molar-refractivity contribution is 5.18. The van der Waals surface area contributed by atoms with E-state index in [0.29, 0.717) is 26.2 Å². The smallest absolute Gasteiger partial charge is 0.184 e. The Hall–Kier alpha value is -5.08. The molecule has 2 heterocycles. The Labute approximate surface area is 376 Å². The van der Waals surface area contributed by atoms with Crippen LogP contribution in [0.5, 0.6) is 0 Å². The van der Waals surface area contributed by atoms with Gasteiger partial charge in [-0.15, -0.1) is 0 Å². The first kappa shape index (κ1) is 45.5. The monoisotopic (exact) mass is 866 g/mol. The second-order valence-corrected chi connectivity index (χ2v) is 16.1. The molecular formula is C54H58O10. The fourth-order valence-corrected chi connectivity index (χ4v) is 8.02. The lowest BCUT2D eigenvalue weighted by molar-refractivity contribution is -0.330. The number of ether oxygens (including phenoxy) is 9. The Morgan fingerprint density at radius 3 is 1.17 bits per heavy atom. The van der Waals surface area contributed by atoms with Gasteiger partial charge in [0.25, 0.3) is 0 Å². The standard InChI is InChI=1S/C54H58O10/c55-54-53(62-37-45-29-17-6-18-30-45)52(61-36-44-27-15-5-16-28-44)51(60-35-43-25-13-4-14-26-43)48(64-54)39-58-49-31-46(57-33-41-21-9-2-10-22-41)50(59-34-42-23-11-3-12-24-42)47(63-49)38-56-32-40-19-7-1-8-20-40/h1-30,46-55H,31-39H2. The lowest BCUT2D eigenvalue weighted by Gasteiger charge is -2.45. The summed E-state index contributed by atoms with van der Waals surface area (Å²) in [6.07, 6.45) is -6.28. The molecule has 9 unspecified atom stereocenters. The van der Waals surface area contributed by atoms with E-state index < -0.39 is 55.3 Å². The first-order valence-electron chi connectivity index (χ1n) is 22.1. The van der Waals surface area contributed by atoms with Gasteiger partial charge in [0, 0.05) is 6.42 Å². The highest BCUT2D eigenvalue weighted by Gasteiger charge is 2.49. The number of benzene rings is 6. The average molecular weight is 867 g/mol. The highest BCUT2D eigenvalue weighted by Crippen LogP contribution is 2.33. The van der Waals surface area contributed by atoms with Crippen molar-refractivity contribution in [3.63, 3.8) is 0 Å². The third-order valence-corrected chi connectivity index (χ3v) is 11.4. The maximum absolute atomic E-state index is 11.7. The van der Waals surface area contributed by atoms with Crippen molar-refractivity contribution in [2.45, 2.75) is 101 Å². The van der Waals surface area contributed by atoms with Crippen molar-refractivity contribution in [2.75, 3.05) is 13.2 Å². The predicted octanol–water partition coefficient (Wildman–Crippen LogP) is 8.98. The van der Waals surface area contributed by atoms with Gasteiger partial charge in [0.05, 0.1) is 59.0 Å². The minimum Gasteiger partial charge on any atom is -0.374 e. The van der Waals surface area contributed by atoms with Crippen molar-refractivity contribution in [3.8, 4) is 0 Å². The summed E-state index contributed by atoms with van der Waals surface area (Å²) < 4.78 is 59.5. The molecule has 334 valence electrons. The zero-order valence-corrected chi connectivity index (χ0v) is 36.0. The third kappa shape index (κ3) is 13.5. The first-order valence-corrected chi connectivity index (χ1v) is 22.1. The first-order chi connectivity index (χ1) is 31.6. The van der Waals surface area contributed by atoms with Gasteiger partial charge < -0.3 is 47.7 Å². The molecule has 0 bridgehead atoms. The van der Waals surface area contributed by atoms with Crippen LogP contribution in [0, 0.1) is 0 Å². The van der Waals surface area contributed by atoms with E-state index >= 15 is 0 Å². The van der Waals surface area contributed by atoms with Gasteiger partial charge in [0.15, 0.2) is 12.6 Å². The largest absolute Gasteiger partial charge is 0.374 e. The summed E-state index contributed by atoms with van der Waals surface area (Å²) in [7, 11) is 0. The van der Waals surface area contributed by atoms with Crippen LogP contribution in [-0.4, -0.2) is 73.6 Å². The molecule has 0 saturated carbocycles. The topological polar surface area (TPSA) is 103 Å². The average Bonchev–Trinajstić information content (AvgIpc) is 3.35. The summed E-state index contributed by atoms with van der Waals surface area (Å²) in [5.74, 6) is 0. The molecule has 0 spiro atoms. The molecule has 10 heteroatoms. The Bertz CT molecular complexity index is 2170. The molecule has 2 fully saturated rings. The molecule has 0 aliphatic carbocycles. The van der Waals surface area contributed by atoms with Crippen LogP contribution in [0.4, 0.5) is 0 Å². The summed E-state index contributed by atoms with van der Waals surface area (Å²) in [5, 5.41) is 11.7. The minimum atomic E-state index is -1.35. The van der Waals surface area contributed by atoms with Gasteiger partial charge in [0.1, 0.15) is 36.6 Å². The van der Waals surface area contributed by atoms with E-state index in [9.17, 15) is 5.11 Å². The maximum Gasteiger partial charge on any atom is 0.184 e. The van der Waals surface area contributed by atoms with Crippen molar-refractivity contribution in [1.82, 2.24) is 0 Å². The van der Waals surface area contributed by atoms with Crippen LogP contribution >= 0.6 is 0 Å². The second-order valence-electron chi connectivity index (χ2n) is 16.1. The van der Waals surface area contributed by atoms with Gasteiger partial charge in [0.2, 0.25) is 0 Å². The molecule has 2 saturated heterocycles. The van der Waals surface area contributed by atoms with Crippen LogP contribution in [0.15, 0.2) is 182 Å². The van der Waals surface area contributed by atoms with E-state index in [-0.39, 0.29) is 33.0 Å². The van der Waals surface area contributed by atoms with Crippen LogP contribution in [0.25, 0.3) is 0 Å². The second kappa shape index (κ2) is 24.3. The molecule has 0 aromatic heterocycles. The van der Waals surface area contributed by atoms with Gasteiger partial charge in [-0.2, -0.15) is 0 Å². The van der Waals surface area contributed by atoms with Crippen molar-refractivity contribution < 1.29 is 47.7 Å². The molecule has 64 heavy (non-hydrogen) atoms. The Balaban J connectivity index is 1.03. The van der Waals surface area contributed by atoms with Crippen molar-refractivity contribution in [1.29, 1.82) is 0 Å². The molecule has 8 rings (SSSR count). The summed E-state index contributed by atoms with van der Waals surface area (Å²) in [6.45, 7) is 2.17. The minimum absolute atomic E-state index is 0.0102. The van der Waals surface area contributed by atoms with Gasteiger partial charge >= 0.3 is 0 Å². The fraction of sp³-hybridized carbons (Fsp3) is 0.333. The zero-order chi connectivity index (χ0) is 43.6. The Kier molecular flexibility index (Phi) is 17.3. The zero-order valence-electron chi connectivity index (χ0n) is 36.0. The summed E-state index contributed by atoms with van der Waals surface area (Å²) in [6, 6.07) is 59.9. The van der Waals surface area contributed by atoms with Gasteiger partial charge in [-0.3, -0.25) is 0 Å². The van der Waals surface area contributed by atoms with E-state index in [4.69, 9.17) is 42.6 Å². The fourth-order valence-electron chi connectivity index (χ4n) is 8.02.